The smallest absolute Gasteiger partial charge is 0.249 e. The van der Waals surface area contributed by atoms with Crippen molar-refractivity contribution in [3.63, 3.8) is 0 Å². The fraction of sp³-hybridized carbons (Fsp3) is 0.375. The molecule has 2 aromatic heterocycles. The van der Waals surface area contributed by atoms with Crippen LogP contribution in [0.3, 0.4) is 0 Å². The third-order valence-electron chi connectivity index (χ3n) is 6.20. The average molecular weight is 455 g/mol. The first kappa shape index (κ1) is 21.1. The van der Waals surface area contributed by atoms with Crippen molar-refractivity contribution in [2.24, 2.45) is 4.99 Å². The van der Waals surface area contributed by atoms with Crippen LogP contribution in [0.25, 0.3) is 5.65 Å². The molecule has 0 radical (unpaired) electrons. The van der Waals surface area contributed by atoms with E-state index in [4.69, 9.17) is 0 Å². The molecule has 0 spiro atoms. The molecule has 3 aromatic rings. The zero-order valence-electron chi connectivity index (χ0n) is 17.7. The number of hydrogen-bond acceptors (Lipinski definition) is 4. The minimum absolute atomic E-state index is 0.000743. The summed E-state index contributed by atoms with van der Waals surface area (Å²) in [5.74, 6) is -0.647. The Kier molecular flexibility index (Phi) is 5.71. The Morgan fingerprint density at radius 2 is 2.00 bits per heavy atom. The molecule has 5 rings (SSSR count). The molecule has 1 fully saturated rings. The van der Waals surface area contributed by atoms with Crippen LogP contribution in [0.4, 0.5) is 8.78 Å². The Balaban J connectivity index is 1.39. The van der Waals surface area contributed by atoms with Gasteiger partial charge >= 0.3 is 0 Å². The standard InChI is InChI=1S/C24H24F2N4OS/c1-15-27-21(22(32-15)16-7-9-17(25)10-8-16)24(31)30-12-3-2-5-19(30)13-18-14-29-11-4-6-20(26)23(29)28-18/h4,6-11,14,19,21-22H,2-3,5,12-13H2,1H3/t19-,21?,22?/m0/s1. The maximum absolute atomic E-state index is 14.1. The lowest BCUT2D eigenvalue weighted by molar-refractivity contribution is -0.136. The van der Waals surface area contributed by atoms with Crippen LogP contribution < -0.4 is 0 Å². The van der Waals surface area contributed by atoms with Gasteiger partial charge in [-0.3, -0.25) is 9.79 Å². The third-order valence-corrected chi connectivity index (χ3v) is 7.43. The monoisotopic (exact) mass is 454 g/mol. The van der Waals surface area contributed by atoms with Crippen molar-refractivity contribution in [2.45, 2.75) is 49.9 Å². The summed E-state index contributed by atoms with van der Waals surface area (Å²) >= 11 is 1.56. The van der Waals surface area contributed by atoms with Crippen LogP contribution >= 0.6 is 11.8 Å². The number of pyridine rings is 1. The van der Waals surface area contributed by atoms with E-state index in [1.54, 1.807) is 40.6 Å². The van der Waals surface area contributed by atoms with E-state index in [1.165, 1.54) is 18.2 Å². The second-order valence-electron chi connectivity index (χ2n) is 8.39. The molecule has 1 saturated heterocycles. The number of likely N-dealkylation sites (tertiary alicyclic amines) is 1. The van der Waals surface area contributed by atoms with Crippen molar-refractivity contribution in [3.05, 3.63) is 71.7 Å². The van der Waals surface area contributed by atoms with Crippen molar-refractivity contribution < 1.29 is 13.6 Å². The Morgan fingerprint density at radius 1 is 1.19 bits per heavy atom. The lowest BCUT2D eigenvalue weighted by atomic mass is 9.96. The van der Waals surface area contributed by atoms with Gasteiger partial charge in [-0.25, -0.2) is 13.8 Å². The van der Waals surface area contributed by atoms with E-state index in [0.717, 1.165) is 35.6 Å². The molecule has 1 aromatic carbocycles. The van der Waals surface area contributed by atoms with Gasteiger partial charge in [0.15, 0.2) is 11.5 Å². The number of fused-ring (bicyclic) bond motifs is 1. The topological polar surface area (TPSA) is 50.0 Å². The van der Waals surface area contributed by atoms with Gasteiger partial charge in [-0.15, -0.1) is 11.8 Å². The van der Waals surface area contributed by atoms with Crippen LogP contribution in [0.2, 0.25) is 0 Å². The highest BCUT2D eigenvalue weighted by molar-refractivity contribution is 8.14. The molecule has 2 unspecified atom stereocenters. The highest BCUT2D eigenvalue weighted by Crippen LogP contribution is 2.41. The van der Waals surface area contributed by atoms with Crippen molar-refractivity contribution in [3.8, 4) is 0 Å². The molecule has 0 N–H and O–H groups in total. The first-order valence-corrected chi connectivity index (χ1v) is 11.8. The van der Waals surface area contributed by atoms with Gasteiger partial charge in [0.2, 0.25) is 5.91 Å². The van der Waals surface area contributed by atoms with Crippen LogP contribution in [0.15, 0.2) is 53.8 Å². The SMILES string of the molecule is CC1=NC(C(=O)N2CCCC[C@H]2Cc2cn3cccc(F)c3n2)C(c2ccc(F)cc2)S1. The number of benzene rings is 1. The zero-order chi connectivity index (χ0) is 22.2. The van der Waals surface area contributed by atoms with Crippen molar-refractivity contribution >= 4 is 28.4 Å². The molecule has 5 nitrogen and oxygen atoms in total. The van der Waals surface area contributed by atoms with E-state index in [0.29, 0.717) is 18.6 Å². The molecule has 0 bridgehead atoms. The normalized spacial score (nSPS) is 23.5. The number of carbonyl (C=O) groups excluding carboxylic acids is 1. The zero-order valence-corrected chi connectivity index (χ0v) is 18.6. The molecule has 3 atom stereocenters. The fourth-order valence-corrected chi connectivity index (χ4v) is 5.81. The molecule has 32 heavy (non-hydrogen) atoms. The minimum Gasteiger partial charge on any atom is -0.337 e. The van der Waals surface area contributed by atoms with E-state index >= 15 is 0 Å². The van der Waals surface area contributed by atoms with Crippen LogP contribution in [-0.2, 0) is 11.2 Å². The number of halogens is 2. The Hall–Kier alpha value is -2.74. The number of nitrogens with zero attached hydrogens (tertiary/aromatic N) is 4. The van der Waals surface area contributed by atoms with E-state index < -0.39 is 6.04 Å². The Morgan fingerprint density at radius 3 is 2.78 bits per heavy atom. The molecule has 4 heterocycles. The van der Waals surface area contributed by atoms with Gasteiger partial charge in [0.05, 0.1) is 16.0 Å². The lowest BCUT2D eigenvalue weighted by Gasteiger charge is -2.37. The number of rotatable bonds is 4. The summed E-state index contributed by atoms with van der Waals surface area (Å²) in [7, 11) is 0. The number of piperidine rings is 1. The predicted octanol–water partition coefficient (Wildman–Crippen LogP) is 4.81. The van der Waals surface area contributed by atoms with Gasteiger partial charge in [0, 0.05) is 31.4 Å². The lowest BCUT2D eigenvalue weighted by Crippen LogP contribution is -2.49. The van der Waals surface area contributed by atoms with Crippen LogP contribution in [-0.4, -0.2) is 43.9 Å². The number of carbonyl (C=O) groups is 1. The van der Waals surface area contributed by atoms with E-state index in [-0.39, 0.29) is 28.8 Å². The van der Waals surface area contributed by atoms with Crippen molar-refractivity contribution in [1.82, 2.24) is 14.3 Å². The summed E-state index contributed by atoms with van der Waals surface area (Å²) in [6.45, 7) is 2.59. The predicted molar refractivity (Wildman–Crippen MR) is 122 cm³/mol. The number of hydrogen-bond donors (Lipinski definition) is 0. The molecule has 2 aliphatic heterocycles. The van der Waals surface area contributed by atoms with Crippen LogP contribution in [0.1, 0.15) is 42.7 Å². The fourth-order valence-electron chi connectivity index (χ4n) is 4.67. The average Bonchev–Trinajstić information content (AvgIpc) is 3.38. The summed E-state index contributed by atoms with van der Waals surface area (Å²) in [6, 6.07) is 8.85. The molecule has 8 heteroatoms. The van der Waals surface area contributed by atoms with E-state index in [1.807, 2.05) is 18.0 Å². The van der Waals surface area contributed by atoms with Gasteiger partial charge in [0.1, 0.15) is 11.9 Å². The molecular formula is C24H24F2N4OS. The van der Waals surface area contributed by atoms with Gasteiger partial charge in [-0.2, -0.15) is 0 Å². The number of amides is 1. The quantitative estimate of drug-likeness (QED) is 0.568. The maximum atomic E-state index is 14.1. The van der Waals surface area contributed by atoms with Gasteiger partial charge in [-0.1, -0.05) is 12.1 Å². The van der Waals surface area contributed by atoms with Crippen LogP contribution in [0.5, 0.6) is 0 Å². The summed E-state index contributed by atoms with van der Waals surface area (Å²) in [5, 5.41) is 0.706. The first-order chi connectivity index (χ1) is 15.5. The summed E-state index contributed by atoms with van der Waals surface area (Å²) in [4.78, 5) is 24.7. The number of aromatic nitrogens is 2. The summed E-state index contributed by atoms with van der Waals surface area (Å²) < 4.78 is 29.2. The number of aliphatic imine (C=N–C) groups is 1. The number of thioether (sulfide) groups is 1. The summed E-state index contributed by atoms with van der Waals surface area (Å²) in [5.41, 5.74) is 1.98. The van der Waals surface area contributed by atoms with Gasteiger partial charge < -0.3 is 9.30 Å². The van der Waals surface area contributed by atoms with Gasteiger partial charge in [-0.05, 0) is 56.0 Å². The second kappa shape index (κ2) is 8.65. The molecule has 0 saturated carbocycles. The number of imidazole rings is 1. The first-order valence-electron chi connectivity index (χ1n) is 10.9. The molecular weight excluding hydrogens is 430 g/mol. The second-order valence-corrected chi connectivity index (χ2v) is 9.72. The molecule has 2 aliphatic rings. The highest BCUT2D eigenvalue weighted by atomic mass is 32.2. The molecule has 1 amide bonds. The van der Waals surface area contributed by atoms with E-state index in [9.17, 15) is 13.6 Å². The van der Waals surface area contributed by atoms with Crippen molar-refractivity contribution in [1.29, 1.82) is 0 Å². The maximum Gasteiger partial charge on any atom is 0.249 e. The van der Waals surface area contributed by atoms with Crippen LogP contribution in [0, 0.1) is 11.6 Å². The molecule has 166 valence electrons. The largest absolute Gasteiger partial charge is 0.337 e. The minimum atomic E-state index is -0.524. The van der Waals surface area contributed by atoms with Crippen molar-refractivity contribution in [2.75, 3.05) is 6.54 Å². The van der Waals surface area contributed by atoms with Gasteiger partial charge in [0.25, 0.3) is 0 Å². The van der Waals surface area contributed by atoms with E-state index in [2.05, 4.69) is 9.98 Å². The Bertz CT molecular complexity index is 1180. The molecule has 0 aliphatic carbocycles. The highest BCUT2D eigenvalue weighted by Gasteiger charge is 2.40. The third kappa shape index (κ3) is 4.03. The Labute approximate surface area is 189 Å². The summed E-state index contributed by atoms with van der Waals surface area (Å²) in [6.07, 6.45) is 7.07.